The van der Waals surface area contributed by atoms with Crippen LogP contribution in [0.25, 0.3) is 11.4 Å². The maximum Gasteiger partial charge on any atom is 0.309 e. The fourth-order valence-electron chi connectivity index (χ4n) is 10.9. The summed E-state index contributed by atoms with van der Waals surface area (Å²) in [4.78, 5) is 34.1. The quantitative estimate of drug-likeness (QED) is 0.152. The molecule has 0 amide bonds. The molecule has 1 aromatic carbocycles. The van der Waals surface area contributed by atoms with Gasteiger partial charge in [0.15, 0.2) is 11.6 Å². The number of aliphatic carboxylic acids is 1. The number of terminal acetylenes is 1. The van der Waals surface area contributed by atoms with Crippen molar-refractivity contribution in [1.29, 1.82) is 0 Å². The highest BCUT2D eigenvalue weighted by molar-refractivity contribution is 6.00. The van der Waals surface area contributed by atoms with Crippen LogP contribution in [0.15, 0.2) is 35.4 Å². The lowest BCUT2D eigenvalue weighted by molar-refractivity contribution is -0.148. The molecule has 56 heavy (non-hydrogen) atoms. The third-order valence-corrected chi connectivity index (χ3v) is 14.3. The number of fused-ring (bicyclic) bond motifs is 5. The molecule has 1 heterocycles. The lowest BCUT2D eigenvalue weighted by Crippen LogP contribution is -2.52. The number of aldehydes is 1. The van der Waals surface area contributed by atoms with Crippen LogP contribution in [0.5, 0.6) is 0 Å². The predicted octanol–water partition coefficient (Wildman–Crippen LogP) is 8.74. The number of carboxylic acid groups (broad SMARTS) is 1. The van der Waals surface area contributed by atoms with Crippen LogP contribution in [-0.2, 0) is 32.1 Å². The molecule has 308 valence electrons. The zero-order chi connectivity index (χ0) is 41.6. The average molecular weight is 775 g/mol. The van der Waals surface area contributed by atoms with Crippen LogP contribution < -0.4 is 5.73 Å². The number of nitrogens with two attached hydrogens (primary N) is 1. The van der Waals surface area contributed by atoms with Crippen molar-refractivity contribution < 1.29 is 28.6 Å². The van der Waals surface area contributed by atoms with E-state index >= 15 is 0 Å². The first-order valence-corrected chi connectivity index (χ1v) is 20.7. The highest BCUT2D eigenvalue weighted by atomic mass is 19.1. The Bertz CT molecular complexity index is 1730. The van der Waals surface area contributed by atoms with E-state index in [-0.39, 0.29) is 23.6 Å². The van der Waals surface area contributed by atoms with E-state index in [0.29, 0.717) is 61.4 Å². The number of carboxylic acids is 1. The highest BCUT2D eigenvalue weighted by Gasteiger charge is 2.59. The molecule has 2 aromatic rings. The van der Waals surface area contributed by atoms with Gasteiger partial charge in [-0.1, -0.05) is 33.3 Å². The maximum absolute atomic E-state index is 14.0. The van der Waals surface area contributed by atoms with Crippen LogP contribution in [0.1, 0.15) is 118 Å². The molecule has 4 aliphatic carbocycles. The molecule has 0 radical (unpaired) electrons. The molecule has 3 N–H and O–H groups in total. The molecule has 0 spiro atoms. The Hall–Kier alpha value is -3.68. The number of methoxy groups -OCH3 is 1. The molecule has 3 saturated carbocycles. The lowest BCUT2D eigenvalue weighted by atomic mass is 9.45. The number of benzene rings is 1. The molecule has 3 fully saturated rings. The molecular weight excluding hydrogens is 708 g/mol. The van der Waals surface area contributed by atoms with Crippen molar-refractivity contribution in [3.63, 3.8) is 0 Å². The first-order chi connectivity index (χ1) is 26.5. The lowest BCUT2D eigenvalue weighted by Gasteiger charge is -2.60. The summed E-state index contributed by atoms with van der Waals surface area (Å²) in [7, 11) is 1.84. The summed E-state index contributed by atoms with van der Waals surface area (Å²) in [5.41, 5.74) is 8.77. The van der Waals surface area contributed by atoms with Gasteiger partial charge in [0.1, 0.15) is 17.9 Å². The van der Waals surface area contributed by atoms with Gasteiger partial charge in [-0.25, -0.2) is 4.39 Å². The second kappa shape index (κ2) is 18.7. The van der Waals surface area contributed by atoms with E-state index in [1.807, 2.05) is 7.11 Å². The number of carbonyl (C=O) groups is 3. The van der Waals surface area contributed by atoms with Crippen LogP contribution in [0, 0.1) is 70.4 Å². The summed E-state index contributed by atoms with van der Waals surface area (Å²) in [6.45, 7) is 15.8. The van der Waals surface area contributed by atoms with Crippen molar-refractivity contribution in [3.8, 4) is 24.2 Å². The molecule has 6 rings (SSSR count). The van der Waals surface area contributed by atoms with E-state index in [1.54, 1.807) is 12.1 Å². The van der Waals surface area contributed by atoms with E-state index in [1.165, 1.54) is 70.1 Å². The van der Waals surface area contributed by atoms with Gasteiger partial charge in [0.25, 0.3) is 0 Å². The third-order valence-electron chi connectivity index (χ3n) is 14.3. The third kappa shape index (κ3) is 9.05. The van der Waals surface area contributed by atoms with Crippen molar-refractivity contribution in [2.45, 2.75) is 132 Å². The van der Waals surface area contributed by atoms with Gasteiger partial charge in [-0.15, -0.1) is 23.0 Å². The summed E-state index contributed by atoms with van der Waals surface area (Å²) >= 11 is 0. The number of hydrogen-bond donors (Lipinski definition) is 2. The normalized spacial score (nSPS) is 28.9. The zero-order valence-corrected chi connectivity index (χ0v) is 35.2. The number of hydrogen-bond acceptors (Lipinski definition) is 7. The molecule has 0 bridgehead atoms. The molecule has 9 nitrogen and oxygen atoms in total. The van der Waals surface area contributed by atoms with Gasteiger partial charge in [-0.05, 0) is 143 Å². The van der Waals surface area contributed by atoms with E-state index < -0.39 is 11.4 Å². The largest absolute Gasteiger partial charge is 0.481 e. The average Bonchev–Trinajstić information content (AvgIpc) is 3.70. The molecule has 1 aromatic heterocycles. The molecule has 10 heteroatoms. The Balaban J connectivity index is 0.000000559. The van der Waals surface area contributed by atoms with Crippen LogP contribution >= 0.6 is 0 Å². The predicted molar refractivity (Wildman–Crippen MR) is 219 cm³/mol. The molecule has 4 aliphatic rings. The summed E-state index contributed by atoms with van der Waals surface area (Å²) in [6, 6.07) is 6.45. The summed E-state index contributed by atoms with van der Waals surface area (Å²) in [5, 5.41) is 17.8. The summed E-state index contributed by atoms with van der Waals surface area (Å²) in [5.74, 6) is 4.29. The minimum absolute atomic E-state index is 0.0718. The number of Topliss-reactive ketones (excluding diaryl/α,β-unsaturated/α-hetero) is 1. The molecule has 0 saturated heterocycles. The van der Waals surface area contributed by atoms with Crippen LogP contribution in [-0.4, -0.2) is 57.7 Å². The molecule has 0 aliphatic heterocycles. The number of rotatable bonds is 13. The second-order valence-electron chi connectivity index (χ2n) is 18.2. The number of carbonyl (C=O) groups excluding carboxylic acids is 2. The number of ketones is 1. The monoisotopic (exact) mass is 775 g/mol. The van der Waals surface area contributed by atoms with Gasteiger partial charge in [0.2, 0.25) is 0 Å². The number of halogens is 1. The van der Waals surface area contributed by atoms with Gasteiger partial charge in [-0.3, -0.25) is 9.59 Å². The standard InChI is InChI=1S/C38H55FN4O2.C6H10O3.C2H2/c1-23(2)34-32(44)21-38(22-33-41-42-36(43(33)20-19-40)26-8-10-27(39)11-9-26)18-16-28-29-12-7-24(3)37(5,17-15-25(4)45-6)31(29)14-13-30(28)35(34)38;1-6(2,3-4-7)5(8)9;1-2/h8-11,23-25,28-31H,7,12-22,40H2,1-6H3;4H,3H2,1-2H3,(H,8,9);1-2H. The van der Waals surface area contributed by atoms with Gasteiger partial charge >= 0.3 is 5.97 Å². The number of nitrogens with zero attached hydrogens (tertiary/aromatic N) is 3. The zero-order valence-electron chi connectivity index (χ0n) is 35.2. The van der Waals surface area contributed by atoms with Crippen LogP contribution in [0.4, 0.5) is 4.39 Å². The van der Waals surface area contributed by atoms with Gasteiger partial charge in [0, 0.05) is 50.4 Å². The van der Waals surface area contributed by atoms with Crippen molar-refractivity contribution in [3.05, 3.63) is 47.1 Å². The van der Waals surface area contributed by atoms with Crippen molar-refractivity contribution in [1.82, 2.24) is 14.8 Å². The minimum Gasteiger partial charge on any atom is -0.481 e. The molecular formula is C46H67FN4O5. The SMILES string of the molecule is C#C.CC(C)(CC=O)C(=O)O.COC(C)CCC1(C)C(C)CCC2C3CCC4(Cc5nnc(-c6ccc(F)cc6)n5CCN)CC(=O)C(C(C)C)=C4C3CCC21. The minimum atomic E-state index is -0.936. The summed E-state index contributed by atoms with van der Waals surface area (Å²) < 4.78 is 21.5. The Morgan fingerprint density at radius 2 is 1.79 bits per heavy atom. The van der Waals surface area contributed by atoms with Crippen molar-refractivity contribution >= 4 is 18.0 Å². The first kappa shape index (κ1) is 45.0. The Kier molecular flexibility index (Phi) is 15.1. The molecule has 8 unspecified atom stereocenters. The van der Waals surface area contributed by atoms with Gasteiger partial charge < -0.3 is 24.9 Å². The topological polar surface area (TPSA) is 137 Å². The number of ether oxygens (including phenoxy) is 1. The van der Waals surface area contributed by atoms with E-state index in [0.717, 1.165) is 53.4 Å². The van der Waals surface area contributed by atoms with Crippen molar-refractivity contribution in [2.24, 2.45) is 57.5 Å². The first-order valence-electron chi connectivity index (χ1n) is 20.7. The van der Waals surface area contributed by atoms with E-state index in [9.17, 15) is 18.8 Å². The number of aromatic nitrogens is 3. The highest BCUT2D eigenvalue weighted by Crippen LogP contribution is 2.66. The molecule has 8 atom stereocenters. The Labute approximate surface area is 334 Å². The number of allylic oxidation sites excluding steroid dienone is 2. The van der Waals surface area contributed by atoms with Crippen LogP contribution in [0.2, 0.25) is 0 Å². The van der Waals surface area contributed by atoms with Gasteiger partial charge in [-0.2, -0.15) is 0 Å². The smallest absolute Gasteiger partial charge is 0.309 e. The maximum atomic E-state index is 14.0. The second-order valence-corrected chi connectivity index (χ2v) is 18.2. The Morgan fingerprint density at radius 3 is 2.36 bits per heavy atom. The van der Waals surface area contributed by atoms with Crippen LogP contribution in [0.3, 0.4) is 0 Å². The van der Waals surface area contributed by atoms with Crippen molar-refractivity contribution in [2.75, 3.05) is 13.7 Å². The van der Waals surface area contributed by atoms with E-state index in [2.05, 4.69) is 57.1 Å². The summed E-state index contributed by atoms with van der Waals surface area (Å²) in [6.07, 6.45) is 19.9. The van der Waals surface area contributed by atoms with Gasteiger partial charge in [0.05, 0.1) is 11.5 Å². The fourth-order valence-corrected chi connectivity index (χ4v) is 10.9. The Morgan fingerprint density at radius 1 is 1.11 bits per heavy atom. The fraction of sp³-hybridized carbons (Fsp3) is 0.674. The van der Waals surface area contributed by atoms with E-state index in [4.69, 9.17) is 20.7 Å².